The summed E-state index contributed by atoms with van der Waals surface area (Å²) < 4.78 is 6.20. The first-order valence-corrected chi connectivity index (χ1v) is 4.33. The van der Waals surface area contributed by atoms with Gasteiger partial charge in [0.05, 0.1) is 7.11 Å². The van der Waals surface area contributed by atoms with Crippen LogP contribution >= 0.6 is 0 Å². The van der Waals surface area contributed by atoms with Gasteiger partial charge in [0.15, 0.2) is 0 Å². The fourth-order valence-electron chi connectivity index (χ4n) is 1.12. The molecule has 74 valence electrons. The zero-order valence-corrected chi connectivity index (χ0v) is 8.06. The lowest BCUT2D eigenvalue weighted by molar-refractivity contribution is 0.0586. The van der Waals surface area contributed by atoms with Gasteiger partial charge in [-0.25, -0.2) is 4.79 Å². The fraction of sp³-hybridized carbons (Fsp3) is 0.400. The molecule has 0 aliphatic rings. The van der Waals surface area contributed by atoms with Crippen molar-refractivity contribution in [2.45, 2.75) is 19.4 Å². The van der Waals surface area contributed by atoms with E-state index in [9.17, 15) is 4.79 Å². The quantitative estimate of drug-likeness (QED) is 0.407. The first-order valence-electron chi connectivity index (χ1n) is 4.33. The summed E-state index contributed by atoms with van der Waals surface area (Å²) in [5, 5.41) is 4.00. The van der Waals surface area contributed by atoms with E-state index < -0.39 is 0 Å². The summed E-state index contributed by atoms with van der Waals surface area (Å²) >= 11 is 0. The number of unbranched alkanes of at least 4 members (excludes halogenated alkanes) is 1. The predicted octanol–water partition coefficient (Wildman–Crippen LogP) is 1.08. The number of aryl methyl sites for hydroxylation is 1. The fourth-order valence-corrected chi connectivity index (χ4v) is 1.12. The van der Waals surface area contributed by atoms with Crippen molar-refractivity contribution in [3.63, 3.8) is 0 Å². The molecule has 1 aromatic heterocycles. The molecular formula is C10H12N2O2. The average molecular weight is 192 g/mol. The Kier molecular flexibility index (Phi) is 3.74. The van der Waals surface area contributed by atoms with E-state index in [1.165, 1.54) is 7.11 Å². The molecule has 4 nitrogen and oxygen atoms in total. The van der Waals surface area contributed by atoms with E-state index >= 15 is 0 Å². The molecule has 0 N–H and O–H groups in total. The Bertz CT molecular complexity index is 349. The van der Waals surface area contributed by atoms with Crippen molar-refractivity contribution in [2.75, 3.05) is 7.11 Å². The lowest BCUT2D eigenvalue weighted by Gasteiger charge is -2.03. The highest BCUT2D eigenvalue weighted by Crippen LogP contribution is 2.02. The van der Waals surface area contributed by atoms with Gasteiger partial charge >= 0.3 is 5.97 Å². The number of nitrogens with zero attached hydrogens (tertiary/aromatic N) is 2. The molecular weight excluding hydrogens is 180 g/mol. The van der Waals surface area contributed by atoms with Crippen LogP contribution in [0.25, 0.3) is 0 Å². The summed E-state index contributed by atoms with van der Waals surface area (Å²) in [5.74, 6) is 2.16. The molecule has 0 bridgehead atoms. The monoisotopic (exact) mass is 192 g/mol. The van der Waals surface area contributed by atoms with E-state index in [-0.39, 0.29) is 5.97 Å². The molecule has 0 unspecified atom stereocenters. The van der Waals surface area contributed by atoms with Gasteiger partial charge in [-0.3, -0.25) is 4.68 Å². The first kappa shape index (κ1) is 10.3. The van der Waals surface area contributed by atoms with Crippen LogP contribution < -0.4 is 0 Å². The Morgan fingerprint density at radius 2 is 2.57 bits per heavy atom. The summed E-state index contributed by atoms with van der Waals surface area (Å²) in [6.45, 7) is 0.641. The van der Waals surface area contributed by atoms with Gasteiger partial charge in [0.25, 0.3) is 0 Å². The smallest absolute Gasteiger partial charge is 0.356 e. The van der Waals surface area contributed by atoms with Crippen molar-refractivity contribution in [1.82, 2.24) is 9.78 Å². The minimum atomic E-state index is -0.372. The number of ether oxygens (including phenoxy) is 1. The molecule has 1 heterocycles. The normalized spacial score (nSPS) is 9.43. The number of rotatable bonds is 4. The minimum absolute atomic E-state index is 0.372. The molecule has 0 aliphatic carbocycles. The van der Waals surface area contributed by atoms with Crippen LogP contribution in [0.1, 0.15) is 23.3 Å². The predicted molar refractivity (Wildman–Crippen MR) is 51.6 cm³/mol. The van der Waals surface area contributed by atoms with Crippen LogP contribution in [-0.4, -0.2) is 22.9 Å². The SMILES string of the molecule is C#CCCCn1nccc1C(=O)OC. The summed E-state index contributed by atoms with van der Waals surface area (Å²) in [6, 6.07) is 1.63. The van der Waals surface area contributed by atoms with Crippen molar-refractivity contribution in [3.8, 4) is 12.3 Å². The van der Waals surface area contributed by atoms with Crippen LogP contribution in [0.2, 0.25) is 0 Å². The van der Waals surface area contributed by atoms with E-state index in [2.05, 4.69) is 15.8 Å². The Morgan fingerprint density at radius 3 is 3.21 bits per heavy atom. The number of methoxy groups -OCH3 is 1. The number of carbonyl (C=O) groups is 1. The van der Waals surface area contributed by atoms with Crippen molar-refractivity contribution in [1.29, 1.82) is 0 Å². The number of esters is 1. The van der Waals surface area contributed by atoms with Gasteiger partial charge in [-0.15, -0.1) is 12.3 Å². The topological polar surface area (TPSA) is 44.1 Å². The van der Waals surface area contributed by atoms with Gasteiger partial charge in [-0.2, -0.15) is 5.10 Å². The number of terminal acetylenes is 1. The van der Waals surface area contributed by atoms with Crippen LogP contribution in [-0.2, 0) is 11.3 Å². The van der Waals surface area contributed by atoms with Gasteiger partial charge in [0.2, 0.25) is 0 Å². The molecule has 1 rings (SSSR count). The standard InChI is InChI=1S/C10H12N2O2/c1-3-4-5-8-12-9(6-7-11-12)10(13)14-2/h1,6-7H,4-5,8H2,2H3. The van der Waals surface area contributed by atoms with Crippen molar-refractivity contribution >= 4 is 5.97 Å². The van der Waals surface area contributed by atoms with Gasteiger partial charge < -0.3 is 4.74 Å². The highest BCUT2D eigenvalue weighted by Gasteiger charge is 2.10. The molecule has 1 aromatic rings. The van der Waals surface area contributed by atoms with Crippen LogP contribution in [0.3, 0.4) is 0 Å². The minimum Gasteiger partial charge on any atom is -0.464 e. The van der Waals surface area contributed by atoms with Crippen LogP contribution in [0.15, 0.2) is 12.3 Å². The maximum atomic E-state index is 11.2. The number of carbonyl (C=O) groups excluding carboxylic acids is 1. The van der Waals surface area contributed by atoms with Gasteiger partial charge in [-0.05, 0) is 12.5 Å². The lowest BCUT2D eigenvalue weighted by Crippen LogP contribution is -2.11. The molecule has 0 atom stereocenters. The molecule has 0 fully saturated rings. The molecule has 0 saturated carbocycles. The van der Waals surface area contributed by atoms with Gasteiger partial charge in [0, 0.05) is 19.2 Å². The summed E-state index contributed by atoms with van der Waals surface area (Å²) in [5.41, 5.74) is 0.463. The summed E-state index contributed by atoms with van der Waals surface area (Å²) in [6.07, 6.45) is 8.18. The largest absolute Gasteiger partial charge is 0.464 e. The lowest BCUT2D eigenvalue weighted by atomic mass is 10.3. The molecule has 0 spiro atoms. The van der Waals surface area contributed by atoms with E-state index in [4.69, 9.17) is 6.42 Å². The van der Waals surface area contributed by atoms with E-state index in [0.717, 1.165) is 6.42 Å². The molecule has 0 amide bonds. The van der Waals surface area contributed by atoms with Crippen molar-refractivity contribution in [3.05, 3.63) is 18.0 Å². The number of hydrogen-bond acceptors (Lipinski definition) is 3. The second-order valence-corrected chi connectivity index (χ2v) is 2.74. The molecule has 14 heavy (non-hydrogen) atoms. The van der Waals surface area contributed by atoms with E-state index in [1.54, 1.807) is 16.9 Å². The Labute approximate surface area is 82.9 Å². The molecule has 0 aromatic carbocycles. The highest BCUT2D eigenvalue weighted by molar-refractivity contribution is 5.87. The maximum absolute atomic E-state index is 11.2. The van der Waals surface area contributed by atoms with Crippen LogP contribution in [0.4, 0.5) is 0 Å². The third-order valence-corrected chi connectivity index (χ3v) is 1.80. The number of aromatic nitrogens is 2. The third kappa shape index (κ3) is 2.36. The second kappa shape index (κ2) is 5.07. The third-order valence-electron chi connectivity index (χ3n) is 1.80. The average Bonchev–Trinajstić information content (AvgIpc) is 2.65. The van der Waals surface area contributed by atoms with Crippen molar-refractivity contribution < 1.29 is 9.53 Å². The second-order valence-electron chi connectivity index (χ2n) is 2.74. The molecule has 0 radical (unpaired) electrons. The highest BCUT2D eigenvalue weighted by atomic mass is 16.5. The van der Waals surface area contributed by atoms with Gasteiger partial charge in [0.1, 0.15) is 5.69 Å². The Morgan fingerprint density at radius 1 is 1.79 bits per heavy atom. The van der Waals surface area contributed by atoms with Gasteiger partial charge in [-0.1, -0.05) is 0 Å². The van der Waals surface area contributed by atoms with Crippen LogP contribution in [0, 0.1) is 12.3 Å². The van der Waals surface area contributed by atoms with E-state index in [1.807, 2.05) is 0 Å². The Balaban J connectivity index is 2.64. The molecule has 0 saturated heterocycles. The van der Waals surface area contributed by atoms with E-state index in [0.29, 0.717) is 18.7 Å². The van der Waals surface area contributed by atoms with Crippen molar-refractivity contribution in [2.24, 2.45) is 0 Å². The molecule has 0 aliphatic heterocycles. The maximum Gasteiger partial charge on any atom is 0.356 e. The Hall–Kier alpha value is -1.76. The summed E-state index contributed by atoms with van der Waals surface area (Å²) in [7, 11) is 1.35. The zero-order chi connectivity index (χ0) is 10.4. The first-order chi connectivity index (χ1) is 6.79. The summed E-state index contributed by atoms with van der Waals surface area (Å²) in [4.78, 5) is 11.2. The number of hydrogen-bond donors (Lipinski definition) is 0. The van der Waals surface area contributed by atoms with Crippen LogP contribution in [0.5, 0.6) is 0 Å². The zero-order valence-electron chi connectivity index (χ0n) is 8.06. The molecule has 4 heteroatoms.